The number of carbonyl (C=O) groups is 1. The number of nitrogens with zero attached hydrogens (tertiary/aromatic N) is 1. The van der Waals surface area contributed by atoms with E-state index in [1.807, 2.05) is 0 Å². The molecule has 0 bridgehead atoms. The second-order valence-electron chi connectivity index (χ2n) is 3.43. The number of hydrogen-bond donors (Lipinski definition) is 1. The van der Waals surface area contributed by atoms with Crippen LogP contribution in [0.4, 0.5) is 14.5 Å². The van der Waals surface area contributed by atoms with Gasteiger partial charge in [-0.2, -0.15) is 0 Å². The first-order valence-corrected chi connectivity index (χ1v) is 5.31. The van der Waals surface area contributed by atoms with E-state index >= 15 is 0 Å². The molecule has 92 valence electrons. The molecule has 0 aliphatic carbocycles. The maximum absolute atomic E-state index is 13.3. The molecule has 3 nitrogen and oxygen atoms in total. The van der Waals surface area contributed by atoms with Crippen LogP contribution in [0.5, 0.6) is 0 Å². The van der Waals surface area contributed by atoms with Crippen molar-refractivity contribution < 1.29 is 13.6 Å². The van der Waals surface area contributed by atoms with Crippen LogP contribution in [-0.4, -0.2) is 10.9 Å². The molecule has 18 heavy (non-hydrogen) atoms. The van der Waals surface area contributed by atoms with Crippen LogP contribution in [0.25, 0.3) is 0 Å². The fraction of sp³-hybridized carbons (Fsp3) is 0. The first-order chi connectivity index (χ1) is 8.58. The highest BCUT2D eigenvalue weighted by Crippen LogP contribution is 2.19. The number of pyridine rings is 1. The molecule has 0 spiro atoms. The molecule has 0 saturated heterocycles. The van der Waals surface area contributed by atoms with E-state index in [9.17, 15) is 13.6 Å². The van der Waals surface area contributed by atoms with E-state index in [1.54, 1.807) is 0 Å². The highest BCUT2D eigenvalue weighted by molar-refractivity contribution is 6.34. The quantitative estimate of drug-likeness (QED) is 0.908. The molecule has 0 aliphatic heterocycles. The predicted molar refractivity (Wildman–Crippen MR) is 63.6 cm³/mol. The van der Waals surface area contributed by atoms with Gasteiger partial charge >= 0.3 is 0 Å². The normalized spacial score (nSPS) is 10.2. The molecule has 0 radical (unpaired) electrons. The third kappa shape index (κ3) is 2.62. The van der Waals surface area contributed by atoms with Crippen LogP contribution in [-0.2, 0) is 0 Å². The number of rotatable bonds is 2. The Hall–Kier alpha value is -2.01. The lowest BCUT2D eigenvalue weighted by Crippen LogP contribution is -2.13. The summed E-state index contributed by atoms with van der Waals surface area (Å²) < 4.78 is 26.2. The molecule has 0 atom stereocenters. The molecular formula is C12H7ClF2N2O. The molecule has 1 N–H and O–H groups in total. The summed E-state index contributed by atoms with van der Waals surface area (Å²) in [4.78, 5) is 15.5. The van der Waals surface area contributed by atoms with Gasteiger partial charge < -0.3 is 5.32 Å². The first kappa shape index (κ1) is 12.4. The molecule has 0 aliphatic rings. The lowest BCUT2D eigenvalue weighted by Gasteiger charge is -2.07. The number of hydrogen-bond acceptors (Lipinski definition) is 2. The number of anilines is 1. The Morgan fingerprint density at radius 1 is 1.28 bits per heavy atom. The van der Waals surface area contributed by atoms with Crippen LogP contribution in [0.3, 0.4) is 0 Å². The van der Waals surface area contributed by atoms with Crippen molar-refractivity contribution in [2.45, 2.75) is 0 Å². The first-order valence-electron chi connectivity index (χ1n) is 4.94. The van der Waals surface area contributed by atoms with Crippen LogP contribution in [0, 0.1) is 11.6 Å². The summed E-state index contributed by atoms with van der Waals surface area (Å²) in [5.74, 6) is -2.01. The maximum atomic E-state index is 13.3. The Kier molecular flexibility index (Phi) is 3.53. The Morgan fingerprint density at radius 3 is 2.78 bits per heavy atom. The van der Waals surface area contributed by atoms with Crippen molar-refractivity contribution in [3.05, 3.63) is 58.9 Å². The molecule has 1 aromatic carbocycles. The molecule has 0 unspecified atom stereocenters. The molecule has 6 heteroatoms. The van der Waals surface area contributed by atoms with E-state index in [0.29, 0.717) is 0 Å². The number of benzene rings is 1. The number of aromatic nitrogens is 1. The molecule has 2 aromatic rings. The van der Waals surface area contributed by atoms with E-state index in [4.69, 9.17) is 11.6 Å². The summed E-state index contributed by atoms with van der Waals surface area (Å²) in [5, 5.41) is 2.37. The van der Waals surface area contributed by atoms with Gasteiger partial charge in [-0.05, 0) is 18.2 Å². The van der Waals surface area contributed by atoms with Gasteiger partial charge in [0.15, 0.2) is 0 Å². The van der Waals surface area contributed by atoms with Crippen LogP contribution >= 0.6 is 11.6 Å². The average Bonchev–Trinajstić information content (AvgIpc) is 2.34. The lowest BCUT2D eigenvalue weighted by molar-refractivity contribution is 0.102. The van der Waals surface area contributed by atoms with Crippen LogP contribution < -0.4 is 5.32 Å². The number of amides is 1. The SMILES string of the molecule is O=C(Nc1cc(F)ccc1F)c1ccncc1Cl. The molecule has 2 rings (SSSR count). The highest BCUT2D eigenvalue weighted by atomic mass is 35.5. The third-order valence-electron chi connectivity index (χ3n) is 2.19. The van der Waals surface area contributed by atoms with E-state index < -0.39 is 17.5 Å². The largest absolute Gasteiger partial charge is 0.319 e. The summed E-state index contributed by atoms with van der Waals surface area (Å²) >= 11 is 5.77. The Bertz CT molecular complexity index is 604. The summed E-state index contributed by atoms with van der Waals surface area (Å²) in [6.45, 7) is 0. The van der Waals surface area contributed by atoms with Crippen LogP contribution in [0.15, 0.2) is 36.7 Å². The average molecular weight is 269 g/mol. The second kappa shape index (κ2) is 5.10. The minimum atomic E-state index is -0.727. The van der Waals surface area contributed by atoms with Crippen molar-refractivity contribution in [3.63, 3.8) is 0 Å². The summed E-state index contributed by atoms with van der Waals surface area (Å²) in [5.41, 5.74) is -0.108. The smallest absolute Gasteiger partial charge is 0.257 e. The monoisotopic (exact) mass is 268 g/mol. The second-order valence-corrected chi connectivity index (χ2v) is 3.84. The summed E-state index contributed by atoms with van der Waals surface area (Å²) in [6, 6.07) is 4.17. The number of halogens is 3. The van der Waals surface area contributed by atoms with Gasteiger partial charge in [0.25, 0.3) is 5.91 Å². The topological polar surface area (TPSA) is 42.0 Å². The van der Waals surface area contributed by atoms with Gasteiger partial charge in [-0.1, -0.05) is 11.6 Å². The van der Waals surface area contributed by atoms with Crippen molar-refractivity contribution in [3.8, 4) is 0 Å². The van der Waals surface area contributed by atoms with Crippen molar-refractivity contribution >= 4 is 23.2 Å². The Labute approximate surface area is 106 Å². The maximum Gasteiger partial charge on any atom is 0.257 e. The molecule has 1 heterocycles. The number of carbonyl (C=O) groups excluding carboxylic acids is 1. The summed E-state index contributed by atoms with van der Waals surface area (Å²) in [7, 11) is 0. The van der Waals surface area contributed by atoms with E-state index in [-0.39, 0.29) is 16.3 Å². The Morgan fingerprint density at radius 2 is 2.06 bits per heavy atom. The minimum Gasteiger partial charge on any atom is -0.319 e. The molecule has 1 aromatic heterocycles. The zero-order valence-electron chi connectivity index (χ0n) is 8.95. The van der Waals surface area contributed by atoms with Crippen molar-refractivity contribution in [2.75, 3.05) is 5.32 Å². The Balaban J connectivity index is 2.27. The summed E-state index contributed by atoms with van der Waals surface area (Å²) in [6.07, 6.45) is 2.67. The molecule has 0 fully saturated rings. The van der Waals surface area contributed by atoms with Crippen LogP contribution in [0.1, 0.15) is 10.4 Å². The standard InChI is InChI=1S/C12H7ClF2N2O/c13-9-6-16-4-3-8(9)12(18)17-11-5-7(14)1-2-10(11)15/h1-6H,(H,17,18). The van der Waals surface area contributed by atoms with E-state index in [1.165, 1.54) is 18.5 Å². The van der Waals surface area contributed by atoms with Gasteiger partial charge in [-0.25, -0.2) is 8.78 Å². The van der Waals surface area contributed by atoms with Gasteiger partial charge in [0.05, 0.1) is 16.3 Å². The van der Waals surface area contributed by atoms with Crippen molar-refractivity contribution in [1.29, 1.82) is 0 Å². The van der Waals surface area contributed by atoms with E-state index in [2.05, 4.69) is 10.3 Å². The van der Waals surface area contributed by atoms with Gasteiger partial charge in [-0.3, -0.25) is 9.78 Å². The van der Waals surface area contributed by atoms with Gasteiger partial charge in [0, 0.05) is 18.5 Å². The molecular weight excluding hydrogens is 262 g/mol. The van der Waals surface area contributed by atoms with Gasteiger partial charge in [-0.15, -0.1) is 0 Å². The zero-order chi connectivity index (χ0) is 13.1. The van der Waals surface area contributed by atoms with Crippen LogP contribution in [0.2, 0.25) is 5.02 Å². The molecule has 0 saturated carbocycles. The fourth-order valence-corrected chi connectivity index (χ4v) is 1.55. The zero-order valence-corrected chi connectivity index (χ0v) is 9.71. The minimum absolute atomic E-state index is 0.131. The van der Waals surface area contributed by atoms with Crippen molar-refractivity contribution in [1.82, 2.24) is 4.98 Å². The number of nitrogens with one attached hydrogen (secondary N) is 1. The van der Waals surface area contributed by atoms with Gasteiger partial charge in [0.2, 0.25) is 0 Å². The van der Waals surface area contributed by atoms with Crippen molar-refractivity contribution in [2.24, 2.45) is 0 Å². The molecule has 1 amide bonds. The fourth-order valence-electron chi connectivity index (χ4n) is 1.34. The highest BCUT2D eigenvalue weighted by Gasteiger charge is 2.12. The van der Waals surface area contributed by atoms with E-state index in [0.717, 1.165) is 18.2 Å². The van der Waals surface area contributed by atoms with Gasteiger partial charge in [0.1, 0.15) is 11.6 Å². The predicted octanol–water partition coefficient (Wildman–Crippen LogP) is 3.27. The lowest BCUT2D eigenvalue weighted by atomic mass is 10.2. The third-order valence-corrected chi connectivity index (χ3v) is 2.49.